The highest BCUT2D eigenvalue weighted by molar-refractivity contribution is 6.32. The first kappa shape index (κ1) is 19.5. The molecule has 0 spiro atoms. The number of carbonyl (C=O) groups excluding carboxylic acids is 4. The van der Waals surface area contributed by atoms with Crippen LogP contribution in [-0.2, 0) is 14.4 Å². The van der Waals surface area contributed by atoms with Gasteiger partial charge in [-0.15, -0.1) is 13.2 Å². The Labute approximate surface area is 149 Å². The van der Waals surface area contributed by atoms with Crippen molar-refractivity contribution in [3.05, 3.63) is 23.2 Å². The first-order valence-corrected chi connectivity index (χ1v) is 7.25. The van der Waals surface area contributed by atoms with Crippen LogP contribution >= 0.6 is 11.6 Å². The summed E-state index contributed by atoms with van der Waals surface area (Å²) in [6.45, 7) is 0. The molecule has 0 bridgehead atoms. The molecule has 0 saturated carbocycles. The molecule has 0 atom stereocenters. The predicted octanol–water partition coefficient (Wildman–Crippen LogP) is 1.84. The molecule has 0 unspecified atom stereocenters. The van der Waals surface area contributed by atoms with E-state index < -0.39 is 46.8 Å². The topological polar surface area (TPSA) is 96.0 Å². The molecule has 5 amide bonds. The summed E-state index contributed by atoms with van der Waals surface area (Å²) in [5, 5.41) is 1.74. The van der Waals surface area contributed by atoms with Crippen LogP contribution in [0.5, 0.6) is 5.75 Å². The molecule has 26 heavy (non-hydrogen) atoms. The number of benzene rings is 1. The van der Waals surface area contributed by atoms with Gasteiger partial charge < -0.3 is 10.1 Å². The number of alkyl halides is 3. The molecule has 1 saturated heterocycles. The summed E-state index contributed by atoms with van der Waals surface area (Å²) >= 11 is 5.66. The monoisotopic (exact) mass is 393 g/mol. The molecule has 2 rings (SSSR count). The molecule has 8 nitrogen and oxygen atoms in total. The number of halogens is 4. The highest BCUT2D eigenvalue weighted by atomic mass is 35.5. The summed E-state index contributed by atoms with van der Waals surface area (Å²) in [6.07, 6.45) is -4.95. The van der Waals surface area contributed by atoms with Gasteiger partial charge in [-0.2, -0.15) is 0 Å². The molecule has 1 N–H and O–H groups in total. The molecule has 1 heterocycles. The van der Waals surface area contributed by atoms with Gasteiger partial charge in [-0.3, -0.25) is 24.2 Å². The van der Waals surface area contributed by atoms with E-state index in [1.165, 1.54) is 0 Å². The Morgan fingerprint density at radius 2 is 1.69 bits per heavy atom. The van der Waals surface area contributed by atoms with Crippen LogP contribution in [0.3, 0.4) is 0 Å². The first-order chi connectivity index (χ1) is 11.9. The number of anilines is 1. The van der Waals surface area contributed by atoms with Crippen molar-refractivity contribution in [2.24, 2.45) is 5.92 Å². The maximum absolute atomic E-state index is 12.2. The fourth-order valence-electron chi connectivity index (χ4n) is 2.13. The second kappa shape index (κ2) is 6.83. The molecule has 1 aromatic carbocycles. The normalized spacial score (nSPS) is 16.2. The van der Waals surface area contributed by atoms with Crippen molar-refractivity contribution >= 4 is 41.0 Å². The number of hydrogen-bond donors (Lipinski definition) is 1. The average molecular weight is 394 g/mol. The lowest BCUT2D eigenvalue weighted by atomic mass is 10.0. The molecule has 140 valence electrons. The van der Waals surface area contributed by atoms with Gasteiger partial charge in [-0.05, 0) is 18.2 Å². The van der Waals surface area contributed by atoms with Gasteiger partial charge in [0, 0.05) is 19.8 Å². The number of ether oxygens (including phenoxy) is 1. The van der Waals surface area contributed by atoms with Crippen molar-refractivity contribution in [2.75, 3.05) is 19.4 Å². The average Bonchev–Trinajstić information content (AvgIpc) is 2.53. The number of imide groups is 2. The zero-order valence-electron chi connectivity index (χ0n) is 13.3. The maximum atomic E-state index is 12.2. The fraction of sp³-hybridized carbons (Fsp3) is 0.286. The van der Waals surface area contributed by atoms with E-state index in [9.17, 15) is 32.3 Å². The van der Waals surface area contributed by atoms with Crippen LogP contribution < -0.4 is 10.1 Å². The van der Waals surface area contributed by atoms with Crippen molar-refractivity contribution in [1.29, 1.82) is 0 Å². The van der Waals surface area contributed by atoms with Gasteiger partial charge in [0.25, 0.3) is 11.8 Å². The van der Waals surface area contributed by atoms with Crippen molar-refractivity contribution in [3.8, 4) is 5.75 Å². The molecule has 0 radical (unpaired) electrons. The van der Waals surface area contributed by atoms with E-state index in [0.717, 1.165) is 32.3 Å². The van der Waals surface area contributed by atoms with Crippen molar-refractivity contribution in [1.82, 2.24) is 9.80 Å². The zero-order chi connectivity index (χ0) is 19.8. The Hall–Kier alpha value is -2.82. The largest absolute Gasteiger partial charge is 0.573 e. The number of hydrogen-bond acceptors (Lipinski definition) is 5. The number of rotatable bonds is 3. The van der Waals surface area contributed by atoms with E-state index >= 15 is 0 Å². The summed E-state index contributed by atoms with van der Waals surface area (Å²) in [6, 6.07) is 1.97. The lowest BCUT2D eigenvalue weighted by molar-refractivity contribution is -0.274. The molecule has 12 heteroatoms. The summed E-state index contributed by atoms with van der Waals surface area (Å²) in [5.74, 6) is -5.62. The number of amides is 5. The molecule has 1 aliphatic heterocycles. The highest BCUT2D eigenvalue weighted by Crippen LogP contribution is 2.32. The summed E-state index contributed by atoms with van der Waals surface area (Å²) in [7, 11) is 2.21. The number of carbonyl (C=O) groups is 4. The molecule has 0 aliphatic carbocycles. The lowest BCUT2D eigenvalue weighted by Gasteiger charge is -2.32. The Balaban J connectivity index is 2.19. The molecular weight excluding hydrogens is 383 g/mol. The Morgan fingerprint density at radius 3 is 2.15 bits per heavy atom. The van der Waals surface area contributed by atoms with Gasteiger partial charge in [0.1, 0.15) is 5.75 Å². The van der Waals surface area contributed by atoms with E-state index in [4.69, 9.17) is 11.6 Å². The van der Waals surface area contributed by atoms with Crippen molar-refractivity contribution in [3.63, 3.8) is 0 Å². The van der Waals surface area contributed by atoms with Crippen LogP contribution in [0, 0.1) is 5.92 Å². The van der Waals surface area contributed by atoms with Crippen LogP contribution in [0.4, 0.5) is 23.7 Å². The Morgan fingerprint density at radius 1 is 1.15 bits per heavy atom. The van der Waals surface area contributed by atoms with Crippen LogP contribution in [-0.4, -0.2) is 54.0 Å². The van der Waals surface area contributed by atoms with Crippen LogP contribution in [0.2, 0.25) is 5.02 Å². The molecular formula is C14H11ClF3N3O5. The van der Waals surface area contributed by atoms with Gasteiger partial charge >= 0.3 is 12.4 Å². The lowest BCUT2D eigenvalue weighted by Crippen LogP contribution is -2.59. The van der Waals surface area contributed by atoms with E-state index in [0.29, 0.717) is 9.80 Å². The zero-order valence-corrected chi connectivity index (χ0v) is 14.0. The third-order valence-electron chi connectivity index (χ3n) is 3.42. The van der Waals surface area contributed by atoms with Gasteiger partial charge in [-0.1, -0.05) is 11.6 Å². The summed E-state index contributed by atoms with van der Waals surface area (Å²) < 4.78 is 40.3. The van der Waals surface area contributed by atoms with Gasteiger partial charge in [-0.25, -0.2) is 4.79 Å². The minimum Gasteiger partial charge on any atom is -0.404 e. The number of nitrogens with zero attached hydrogens (tertiary/aromatic N) is 2. The van der Waals surface area contributed by atoms with Crippen LogP contribution in [0.1, 0.15) is 0 Å². The molecule has 1 fully saturated rings. The Kier molecular flexibility index (Phi) is 5.12. The second-order valence-electron chi connectivity index (χ2n) is 5.19. The minimum atomic E-state index is -4.95. The van der Waals surface area contributed by atoms with Gasteiger partial charge in [0.2, 0.25) is 5.91 Å². The van der Waals surface area contributed by atoms with Crippen LogP contribution in [0.15, 0.2) is 18.2 Å². The first-order valence-electron chi connectivity index (χ1n) is 6.87. The van der Waals surface area contributed by atoms with Gasteiger partial charge in [0.15, 0.2) is 5.92 Å². The third-order valence-corrected chi connectivity index (χ3v) is 3.71. The van der Waals surface area contributed by atoms with Crippen LogP contribution in [0.25, 0.3) is 0 Å². The maximum Gasteiger partial charge on any atom is 0.573 e. The summed E-state index contributed by atoms with van der Waals surface area (Å²) in [4.78, 5) is 49.1. The third kappa shape index (κ3) is 3.87. The molecule has 1 aliphatic rings. The van der Waals surface area contributed by atoms with Crippen molar-refractivity contribution in [2.45, 2.75) is 6.36 Å². The smallest absolute Gasteiger partial charge is 0.404 e. The molecule has 0 aromatic heterocycles. The number of urea groups is 1. The standard InChI is InChI=1S/C14H11ClF3N3O5/c1-20-11(23)9(12(24)21(2)13(20)25)10(22)19-6-3-4-8(7(15)5-6)26-14(16,17)18/h3-5,9H,1-2H3,(H,19,22). The highest BCUT2D eigenvalue weighted by Gasteiger charge is 2.46. The van der Waals surface area contributed by atoms with E-state index in [2.05, 4.69) is 10.1 Å². The molecule has 1 aromatic rings. The van der Waals surface area contributed by atoms with E-state index in [1.54, 1.807) is 0 Å². The fourth-order valence-corrected chi connectivity index (χ4v) is 2.35. The van der Waals surface area contributed by atoms with E-state index in [1.807, 2.05) is 0 Å². The number of nitrogens with one attached hydrogen (secondary N) is 1. The van der Waals surface area contributed by atoms with E-state index in [-0.39, 0.29) is 5.69 Å². The second-order valence-corrected chi connectivity index (χ2v) is 5.60. The van der Waals surface area contributed by atoms with Crippen molar-refractivity contribution < 1.29 is 37.1 Å². The quantitative estimate of drug-likeness (QED) is 0.791. The van der Waals surface area contributed by atoms with Gasteiger partial charge in [0.05, 0.1) is 5.02 Å². The number of barbiturate groups is 1. The summed E-state index contributed by atoms with van der Waals surface area (Å²) in [5.41, 5.74) is -0.0719. The SMILES string of the molecule is CN1C(=O)C(C(=O)Nc2ccc(OC(F)(F)F)c(Cl)c2)C(=O)N(C)C1=O. The predicted molar refractivity (Wildman–Crippen MR) is 81.2 cm³/mol. The minimum absolute atomic E-state index is 0.0719. The Bertz CT molecular complexity index is 775.